The van der Waals surface area contributed by atoms with Crippen molar-refractivity contribution in [3.8, 4) is 56.4 Å². The van der Waals surface area contributed by atoms with E-state index in [1.54, 1.807) is 0 Å². The number of furan rings is 1. The molecule has 0 saturated heterocycles. The standard InChI is InChI=1S/C42H29N3O/c1-42(2)35-23-28(21-22-30(35)33-24-34-31-18-11-12-20-37(31)46-38(34)25-36(33)42)40-43-39(27-15-7-4-8-16-27)44-41(45-40)32-19-10-9-17-29(32)26-13-5-3-6-14-26/h3-25H,1-2H3. The van der Waals surface area contributed by atoms with Crippen LogP contribution in [0.1, 0.15) is 25.0 Å². The molecule has 2 heterocycles. The summed E-state index contributed by atoms with van der Waals surface area (Å²) in [5.41, 5.74) is 11.7. The first-order valence-corrected chi connectivity index (χ1v) is 15.6. The third-order valence-electron chi connectivity index (χ3n) is 9.35. The average molecular weight is 592 g/mol. The molecule has 9 rings (SSSR count). The lowest BCUT2D eigenvalue weighted by Gasteiger charge is -2.22. The Labute approximate surface area is 267 Å². The van der Waals surface area contributed by atoms with Gasteiger partial charge >= 0.3 is 0 Å². The van der Waals surface area contributed by atoms with Gasteiger partial charge in [-0.05, 0) is 57.6 Å². The zero-order chi connectivity index (χ0) is 30.8. The predicted octanol–water partition coefficient (Wildman–Crippen LogP) is 10.7. The van der Waals surface area contributed by atoms with E-state index < -0.39 is 0 Å². The molecule has 0 aliphatic heterocycles. The number of aromatic nitrogens is 3. The Kier molecular flexibility index (Phi) is 5.81. The molecule has 0 bridgehead atoms. The van der Waals surface area contributed by atoms with Crippen LogP contribution in [0.4, 0.5) is 0 Å². The summed E-state index contributed by atoms with van der Waals surface area (Å²) >= 11 is 0. The van der Waals surface area contributed by atoms with E-state index in [4.69, 9.17) is 19.4 Å². The minimum absolute atomic E-state index is 0.230. The summed E-state index contributed by atoms with van der Waals surface area (Å²) in [5, 5.41) is 2.29. The van der Waals surface area contributed by atoms with Gasteiger partial charge in [0.1, 0.15) is 11.2 Å². The van der Waals surface area contributed by atoms with E-state index in [1.807, 2.05) is 54.6 Å². The fraction of sp³-hybridized carbons (Fsp3) is 0.0714. The first kappa shape index (κ1) is 26.5. The molecule has 1 aliphatic carbocycles. The quantitative estimate of drug-likeness (QED) is 0.204. The molecule has 218 valence electrons. The highest BCUT2D eigenvalue weighted by molar-refractivity contribution is 6.07. The van der Waals surface area contributed by atoms with Crippen molar-refractivity contribution in [2.75, 3.05) is 0 Å². The highest BCUT2D eigenvalue weighted by atomic mass is 16.3. The van der Waals surface area contributed by atoms with Crippen molar-refractivity contribution in [1.82, 2.24) is 15.0 Å². The summed E-state index contributed by atoms with van der Waals surface area (Å²) < 4.78 is 6.29. The van der Waals surface area contributed by atoms with Gasteiger partial charge in [0.15, 0.2) is 17.5 Å². The van der Waals surface area contributed by atoms with E-state index >= 15 is 0 Å². The van der Waals surface area contributed by atoms with Crippen molar-refractivity contribution in [3.05, 3.63) is 151 Å². The molecule has 0 unspecified atom stereocenters. The lowest BCUT2D eigenvalue weighted by atomic mass is 9.82. The van der Waals surface area contributed by atoms with Gasteiger partial charge in [0.05, 0.1) is 0 Å². The number of para-hydroxylation sites is 1. The molecule has 1 aliphatic rings. The molecule has 0 radical (unpaired) electrons. The van der Waals surface area contributed by atoms with Gasteiger partial charge in [-0.25, -0.2) is 15.0 Å². The Morgan fingerprint density at radius 1 is 0.413 bits per heavy atom. The smallest absolute Gasteiger partial charge is 0.164 e. The average Bonchev–Trinajstić information content (AvgIpc) is 3.59. The second-order valence-electron chi connectivity index (χ2n) is 12.5. The second-order valence-corrected chi connectivity index (χ2v) is 12.5. The molecule has 4 heteroatoms. The molecule has 46 heavy (non-hydrogen) atoms. The van der Waals surface area contributed by atoms with Crippen molar-refractivity contribution >= 4 is 21.9 Å². The topological polar surface area (TPSA) is 51.8 Å². The maximum absolute atomic E-state index is 6.29. The van der Waals surface area contributed by atoms with Crippen molar-refractivity contribution in [2.45, 2.75) is 19.3 Å². The SMILES string of the molecule is CC1(C)c2cc(-c3nc(-c4ccccc4)nc(-c4ccccc4-c4ccccc4)n3)ccc2-c2cc3c(cc21)oc1ccccc13. The molecular weight excluding hydrogens is 562 g/mol. The van der Waals surface area contributed by atoms with Gasteiger partial charge in [0.25, 0.3) is 0 Å². The lowest BCUT2D eigenvalue weighted by molar-refractivity contribution is 0.647. The molecule has 0 fully saturated rings. The fourth-order valence-electron chi connectivity index (χ4n) is 6.98. The molecule has 0 spiro atoms. The van der Waals surface area contributed by atoms with Crippen LogP contribution in [-0.4, -0.2) is 15.0 Å². The van der Waals surface area contributed by atoms with Crippen LogP contribution in [-0.2, 0) is 5.41 Å². The lowest BCUT2D eigenvalue weighted by Crippen LogP contribution is -2.15. The maximum Gasteiger partial charge on any atom is 0.164 e. The molecule has 0 saturated carbocycles. The monoisotopic (exact) mass is 591 g/mol. The Morgan fingerprint density at radius 3 is 1.80 bits per heavy atom. The van der Waals surface area contributed by atoms with E-state index in [0.717, 1.165) is 49.8 Å². The van der Waals surface area contributed by atoms with E-state index in [1.165, 1.54) is 22.3 Å². The summed E-state index contributed by atoms with van der Waals surface area (Å²) in [6.45, 7) is 4.58. The summed E-state index contributed by atoms with van der Waals surface area (Å²) in [5.74, 6) is 1.96. The highest BCUT2D eigenvalue weighted by Crippen LogP contribution is 2.51. The Bertz CT molecular complexity index is 2440. The number of nitrogens with zero attached hydrogens (tertiary/aromatic N) is 3. The Balaban J connectivity index is 1.22. The van der Waals surface area contributed by atoms with Crippen LogP contribution in [0.15, 0.2) is 144 Å². The van der Waals surface area contributed by atoms with E-state index in [2.05, 4.69) is 98.8 Å². The van der Waals surface area contributed by atoms with Gasteiger partial charge in [0, 0.05) is 32.9 Å². The Morgan fingerprint density at radius 2 is 1.02 bits per heavy atom. The zero-order valence-electron chi connectivity index (χ0n) is 25.5. The van der Waals surface area contributed by atoms with Crippen molar-refractivity contribution in [2.24, 2.45) is 0 Å². The molecule has 8 aromatic rings. The molecule has 0 N–H and O–H groups in total. The Hall–Kier alpha value is -5.87. The maximum atomic E-state index is 6.29. The minimum Gasteiger partial charge on any atom is -0.456 e. The van der Waals surface area contributed by atoms with Crippen LogP contribution in [0.2, 0.25) is 0 Å². The highest BCUT2D eigenvalue weighted by Gasteiger charge is 2.37. The largest absolute Gasteiger partial charge is 0.456 e. The third-order valence-corrected chi connectivity index (χ3v) is 9.35. The van der Waals surface area contributed by atoms with Crippen LogP contribution in [0.5, 0.6) is 0 Å². The van der Waals surface area contributed by atoms with Crippen LogP contribution >= 0.6 is 0 Å². The van der Waals surface area contributed by atoms with Gasteiger partial charge in [-0.3, -0.25) is 0 Å². The van der Waals surface area contributed by atoms with E-state index in [-0.39, 0.29) is 5.41 Å². The summed E-state index contributed by atoms with van der Waals surface area (Å²) in [7, 11) is 0. The number of hydrogen-bond acceptors (Lipinski definition) is 4. The molecule has 0 atom stereocenters. The first-order valence-electron chi connectivity index (χ1n) is 15.6. The summed E-state index contributed by atoms with van der Waals surface area (Å²) in [4.78, 5) is 15.2. The van der Waals surface area contributed by atoms with Crippen molar-refractivity contribution in [1.29, 1.82) is 0 Å². The van der Waals surface area contributed by atoms with E-state index in [0.29, 0.717) is 17.5 Å². The van der Waals surface area contributed by atoms with Gasteiger partial charge in [0.2, 0.25) is 0 Å². The summed E-state index contributed by atoms with van der Waals surface area (Å²) in [6, 6.07) is 48.3. The van der Waals surface area contributed by atoms with Gasteiger partial charge in [-0.2, -0.15) is 0 Å². The van der Waals surface area contributed by atoms with Gasteiger partial charge < -0.3 is 4.42 Å². The molecular formula is C42H29N3O. The molecule has 6 aromatic carbocycles. The van der Waals surface area contributed by atoms with Crippen LogP contribution in [0, 0.1) is 0 Å². The van der Waals surface area contributed by atoms with Crippen molar-refractivity contribution in [3.63, 3.8) is 0 Å². The predicted molar refractivity (Wildman–Crippen MR) is 186 cm³/mol. The number of hydrogen-bond donors (Lipinski definition) is 0. The van der Waals surface area contributed by atoms with Crippen molar-refractivity contribution < 1.29 is 4.42 Å². The van der Waals surface area contributed by atoms with Crippen LogP contribution in [0.3, 0.4) is 0 Å². The van der Waals surface area contributed by atoms with Gasteiger partial charge in [-0.1, -0.05) is 129 Å². The van der Waals surface area contributed by atoms with Crippen LogP contribution < -0.4 is 0 Å². The molecule has 4 nitrogen and oxygen atoms in total. The van der Waals surface area contributed by atoms with E-state index in [9.17, 15) is 0 Å². The summed E-state index contributed by atoms with van der Waals surface area (Å²) in [6.07, 6.45) is 0. The number of fused-ring (bicyclic) bond motifs is 6. The number of benzene rings is 6. The second kappa shape index (κ2) is 10.1. The van der Waals surface area contributed by atoms with Gasteiger partial charge in [-0.15, -0.1) is 0 Å². The third kappa shape index (κ3) is 4.11. The normalized spacial score (nSPS) is 13.2. The first-order chi connectivity index (χ1) is 22.5. The zero-order valence-corrected chi connectivity index (χ0v) is 25.5. The fourth-order valence-corrected chi connectivity index (χ4v) is 6.98. The molecule has 2 aromatic heterocycles. The minimum atomic E-state index is -0.230. The molecule has 0 amide bonds. The van der Waals surface area contributed by atoms with Crippen LogP contribution in [0.25, 0.3) is 78.4 Å². The number of rotatable bonds is 4.